The predicted molar refractivity (Wildman–Crippen MR) is 95.4 cm³/mol. The highest BCUT2D eigenvalue weighted by molar-refractivity contribution is 7.16. The lowest BCUT2D eigenvalue weighted by molar-refractivity contribution is 1.29. The molecule has 3 aromatic rings. The molecule has 3 rings (SSSR count). The van der Waals surface area contributed by atoms with Gasteiger partial charge in [0.05, 0.1) is 11.4 Å². The summed E-state index contributed by atoms with van der Waals surface area (Å²) in [6.45, 7) is 6.37. The van der Waals surface area contributed by atoms with Crippen LogP contribution in [0.15, 0.2) is 48.5 Å². The third kappa shape index (κ3) is 3.12. The number of para-hydroxylation sites is 1. The molecule has 0 fully saturated rings. The maximum absolute atomic E-state index is 4.71. The second kappa shape index (κ2) is 6.20. The number of aromatic nitrogens is 1. The molecule has 2 N–H and O–H groups in total. The lowest BCUT2D eigenvalue weighted by atomic mass is 10.0. The average molecular weight is 309 g/mol. The minimum absolute atomic E-state index is 0.870. The van der Waals surface area contributed by atoms with Gasteiger partial charge < -0.3 is 0 Å². The maximum atomic E-state index is 4.71. The molecule has 0 unspecified atom stereocenters. The second-order valence-corrected chi connectivity index (χ2v) is 6.54. The topological polar surface area (TPSA) is 37.0 Å². The number of benzene rings is 2. The van der Waals surface area contributed by atoms with Crippen molar-refractivity contribution in [3.63, 3.8) is 0 Å². The SMILES string of the molecule is Cc1ccc(-c2nc(NNc3ccccc3)sc2C)cc1C. The van der Waals surface area contributed by atoms with Crippen molar-refractivity contribution < 1.29 is 0 Å². The van der Waals surface area contributed by atoms with Crippen LogP contribution in [0.3, 0.4) is 0 Å². The molecule has 112 valence electrons. The highest BCUT2D eigenvalue weighted by Crippen LogP contribution is 2.31. The van der Waals surface area contributed by atoms with Gasteiger partial charge in [-0.15, -0.1) is 11.3 Å². The monoisotopic (exact) mass is 309 g/mol. The van der Waals surface area contributed by atoms with E-state index in [1.807, 2.05) is 30.3 Å². The Morgan fingerprint density at radius 2 is 1.64 bits per heavy atom. The van der Waals surface area contributed by atoms with Crippen LogP contribution in [0, 0.1) is 20.8 Å². The number of hydrogen-bond acceptors (Lipinski definition) is 4. The summed E-state index contributed by atoms with van der Waals surface area (Å²) in [5.41, 5.74) is 12.2. The minimum atomic E-state index is 0.870. The number of aryl methyl sites for hydroxylation is 3. The number of nitrogens with zero attached hydrogens (tertiary/aromatic N) is 1. The first-order valence-electron chi connectivity index (χ1n) is 7.25. The molecule has 0 spiro atoms. The Bertz CT molecular complexity index is 778. The van der Waals surface area contributed by atoms with Crippen LogP contribution in [0.2, 0.25) is 0 Å². The molecule has 2 aromatic carbocycles. The molecule has 0 saturated heterocycles. The average Bonchev–Trinajstić information content (AvgIpc) is 2.90. The smallest absolute Gasteiger partial charge is 0.202 e. The van der Waals surface area contributed by atoms with E-state index in [0.29, 0.717) is 0 Å². The first-order chi connectivity index (χ1) is 10.6. The van der Waals surface area contributed by atoms with Crippen molar-refractivity contribution in [1.29, 1.82) is 0 Å². The van der Waals surface area contributed by atoms with E-state index in [4.69, 9.17) is 4.98 Å². The molecule has 0 bridgehead atoms. The molecule has 4 heteroatoms. The Kier molecular flexibility index (Phi) is 4.11. The van der Waals surface area contributed by atoms with Crippen molar-refractivity contribution in [2.24, 2.45) is 0 Å². The van der Waals surface area contributed by atoms with E-state index in [2.05, 4.69) is 49.8 Å². The highest BCUT2D eigenvalue weighted by atomic mass is 32.1. The quantitative estimate of drug-likeness (QED) is 0.652. The largest absolute Gasteiger partial charge is 0.299 e. The Morgan fingerprint density at radius 3 is 2.36 bits per heavy atom. The lowest BCUT2D eigenvalue weighted by Crippen LogP contribution is -2.07. The summed E-state index contributed by atoms with van der Waals surface area (Å²) in [7, 11) is 0. The third-order valence-electron chi connectivity index (χ3n) is 3.66. The minimum Gasteiger partial charge on any atom is -0.299 e. The van der Waals surface area contributed by atoms with E-state index in [1.54, 1.807) is 11.3 Å². The third-order valence-corrected chi connectivity index (χ3v) is 4.55. The van der Waals surface area contributed by atoms with Gasteiger partial charge in [0.25, 0.3) is 0 Å². The first-order valence-corrected chi connectivity index (χ1v) is 8.07. The fraction of sp³-hybridized carbons (Fsp3) is 0.167. The van der Waals surface area contributed by atoms with Gasteiger partial charge in [0.2, 0.25) is 5.13 Å². The lowest BCUT2D eigenvalue weighted by Gasteiger charge is -2.06. The molecule has 22 heavy (non-hydrogen) atoms. The van der Waals surface area contributed by atoms with Crippen LogP contribution < -0.4 is 10.9 Å². The fourth-order valence-electron chi connectivity index (χ4n) is 2.25. The van der Waals surface area contributed by atoms with Gasteiger partial charge in [0.15, 0.2) is 0 Å². The van der Waals surface area contributed by atoms with Gasteiger partial charge in [-0.05, 0) is 50.1 Å². The van der Waals surface area contributed by atoms with Gasteiger partial charge >= 0.3 is 0 Å². The van der Waals surface area contributed by atoms with Gasteiger partial charge in [-0.2, -0.15) is 0 Å². The van der Waals surface area contributed by atoms with Crippen LogP contribution in [0.1, 0.15) is 16.0 Å². The number of hydrazine groups is 1. The highest BCUT2D eigenvalue weighted by Gasteiger charge is 2.10. The molecule has 1 heterocycles. The number of rotatable bonds is 4. The summed E-state index contributed by atoms with van der Waals surface area (Å²) >= 11 is 1.65. The number of hydrogen-bond donors (Lipinski definition) is 2. The Hall–Kier alpha value is -2.33. The van der Waals surface area contributed by atoms with Gasteiger partial charge in [0.1, 0.15) is 0 Å². The zero-order chi connectivity index (χ0) is 15.5. The molecule has 1 aromatic heterocycles. The van der Waals surface area contributed by atoms with E-state index >= 15 is 0 Å². The van der Waals surface area contributed by atoms with Crippen molar-refractivity contribution in [3.05, 3.63) is 64.5 Å². The van der Waals surface area contributed by atoms with Gasteiger partial charge in [-0.25, -0.2) is 4.98 Å². The van der Waals surface area contributed by atoms with Crippen molar-refractivity contribution >= 4 is 22.2 Å². The summed E-state index contributed by atoms with van der Waals surface area (Å²) in [6, 6.07) is 16.5. The number of anilines is 2. The second-order valence-electron chi connectivity index (χ2n) is 5.34. The molecule has 0 amide bonds. The van der Waals surface area contributed by atoms with Crippen molar-refractivity contribution in [2.45, 2.75) is 20.8 Å². The summed E-state index contributed by atoms with van der Waals surface area (Å²) in [5, 5.41) is 0.870. The van der Waals surface area contributed by atoms with E-state index in [9.17, 15) is 0 Å². The van der Waals surface area contributed by atoms with Crippen LogP contribution >= 0.6 is 11.3 Å². The molecule has 0 saturated carbocycles. The van der Waals surface area contributed by atoms with Crippen LogP contribution in [-0.4, -0.2) is 4.98 Å². The van der Waals surface area contributed by atoms with Crippen molar-refractivity contribution in [1.82, 2.24) is 4.98 Å². The standard InChI is InChI=1S/C18H19N3S/c1-12-9-10-15(11-13(12)2)17-14(3)22-18(19-17)21-20-16-7-5-4-6-8-16/h4-11,20H,1-3H3,(H,19,21). The van der Waals surface area contributed by atoms with E-state index in [1.165, 1.54) is 21.6 Å². The predicted octanol–water partition coefficient (Wildman–Crippen LogP) is 5.17. The molecule has 0 aliphatic carbocycles. The molecule has 0 aliphatic heterocycles. The molecular formula is C18H19N3S. The van der Waals surface area contributed by atoms with Crippen molar-refractivity contribution in [3.8, 4) is 11.3 Å². The van der Waals surface area contributed by atoms with E-state index < -0.39 is 0 Å². The summed E-state index contributed by atoms with van der Waals surface area (Å²) in [4.78, 5) is 5.92. The summed E-state index contributed by atoms with van der Waals surface area (Å²) in [5.74, 6) is 0. The molecule has 0 radical (unpaired) electrons. The Morgan fingerprint density at radius 1 is 0.864 bits per heavy atom. The molecule has 3 nitrogen and oxygen atoms in total. The van der Waals surface area contributed by atoms with Gasteiger partial charge in [-0.3, -0.25) is 10.9 Å². The van der Waals surface area contributed by atoms with E-state index in [0.717, 1.165) is 16.5 Å². The van der Waals surface area contributed by atoms with Gasteiger partial charge in [0, 0.05) is 10.4 Å². The van der Waals surface area contributed by atoms with Crippen LogP contribution in [0.5, 0.6) is 0 Å². The summed E-state index contributed by atoms with van der Waals surface area (Å²) in [6.07, 6.45) is 0. The normalized spacial score (nSPS) is 10.5. The molecule has 0 atom stereocenters. The Labute approximate surface area is 135 Å². The fourth-order valence-corrected chi connectivity index (χ4v) is 3.04. The van der Waals surface area contributed by atoms with Crippen molar-refractivity contribution in [2.75, 3.05) is 10.9 Å². The Balaban J connectivity index is 1.80. The molecular weight excluding hydrogens is 290 g/mol. The van der Waals surface area contributed by atoms with Gasteiger partial charge in [-0.1, -0.05) is 30.3 Å². The van der Waals surface area contributed by atoms with Crippen LogP contribution in [0.4, 0.5) is 10.8 Å². The number of nitrogens with one attached hydrogen (secondary N) is 2. The maximum Gasteiger partial charge on any atom is 0.202 e. The molecule has 0 aliphatic rings. The van der Waals surface area contributed by atoms with Crippen LogP contribution in [0.25, 0.3) is 11.3 Å². The van der Waals surface area contributed by atoms with Crippen LogP contribution in [-0.2, 0) is 0 Å². The zero-order valence-electron chi connectivity index (χ0n) is 13.0. The van der Waals surface area contributed by atoms with E-state index in [-0.39, 0.29) is 0 Å². The number of thiazole rings is 1. The first kappa shape index (κ1) is 14.6. The zero-order valence-corrected chi connectivity index (χ0v) is 13.8. The summed E-state index contributed by atoms with van der Waals surface area (Å²) < 4.78 is 0.